The molecule has 0 aliphatic heterocycles. The van der Waals surface area contributed by atoms with E-state index in [9.17, 15) is 15.0 Å². The molecule has 1 fully saturated rings. The molecule has 0 radical (unpaired) electrons. The number of hydrogen-bond donors (Lipinski definition) is 3. The van der Waals surface area contributed by atoms with Gasteiger partial charge in [0.25, 0.3) is 0 Å². The van der Waals surface area contributed by atoms with Gasteiger partial charge in [-0.15, -0.1) is 0 Å². The Balaban J connectivity index is 1.69. The minimum atomic E-state index is -0.521. The molecule has 24 heavy (non-hydrogen) atoms. The van der Waals surface area contributed by atoms with Gasteiger partial charge in [-0.1, -0.05) is 35.9 Å². The molecule has 1 saturated carbocycles. The smallest absolute Gasteiger partial charge is 0.230 e. The number of aliphatic hydroxyl groups excluding tert-OH is 1. The first-order valence-electron chi connectivity index (χ1n) is 7.99. The first-order chi connectivity index (χ1) is 11.5. The average molecular weight is 346 g/mol. The van der Waals surface area contributed by atoms with E-state index in [4.69, 9.17) is 11.6 Å². The molecule has 0 unspecified atom stereocenters. The van der Waals surface area contributed by atoms with E-state index in [0.29, 0.717) is 11.4 Å². The second-order valence-electron chi connectivity index (χ2n) is 6.32. The molecular formula is C19H20ClNO3. The van der Waals surface area contributed by atoms with Gasteiger partial charge in [-0.3, -0.25) is 4.79 Å². The summed E-state index contributed by atoms with van der Waals surface area (Å²) in [6, 6.07) is 13.8. The maximum Gasteiger partial charge on any atom is 0.230 e. The number of hydrogen-bond acceptors (Lipinski definition) is 3. The number of carbonyl (C=O) groups is 1. The van der Waals surface area contributed by atoms with Crippen LogP contribution in [0.4, 0.5) is 0 Å². The normalized spacial score (nSPS) is 16.4. The van der Waals surface area contributed by atoms with Gasteiger partial charge in [-0.2, -0.15) is 0 Å². The molecule has 2 aromatic rings. The minimum Gasteiger partial charge on any atom is -0.508 e. The third kappa shape index (κ3) is 3.55. The van der Waals surface area contributed by atoms with Crippen LogP contribution in [-0.4, -0.2) is 28.8 Å². The van der Waals surface area contributed by atoms with Gasteiger partial charge in [-0.05, 0) is 54.7 Å². The fraction of sp³-hybridized carbons (Fsp3) is 0.316. The number of carbonyl (C=O) groups excluding carboxylic acids is 1. The number of phenols is 1. The molecule has 3 rings (SSSR count). The summed E-state index contributed by atoms with van der Waals surface area (Å²) >= 11 is 6.04. The van der Waals surface area contributed by atoms with Crippen molar-refractivity contribution in [3.05, 3.63) is 64.7 Å². The summed E-state index contributed by atoms with van der Waals surface area (Å²) in [5, 5.41) is 22.5. The topological polar surface area (TPSA) is 69.6 Å². The second kappa shape index (κ2) is 6.83. The Labute approximate surface area is 146 Å². The minimum absolute atomic E-state index is 0.0670. The van der Waals surface area contributed by atoms with Crippen LogP contribution in [0.15, 0.2) is 48.5 Å². The molecule has 0 heterocycles. The van der Waals surface area contributed by atoms with Crippen molar-refractivity contribution in [3.8, 4) is 5.75 Å². The van der Waals surface area contributed by atoms with E-state index in [1.54, 1.807) is 30.3 Å². The van der Waals surface area contributed by atoms with Crippen LogP contribution in [0.1, 0.15) is 24.0 Å². The number of aliphatic hydroxyl groups is 1. The number of phenolic OH excluding ortho intramolecular Hbond substituents is 1. The van der Waals surface area contributed by atoms with Gasteiger partial charge in [0, 0.05) is 5.02 Å². The highest BCUT2D eigenvalue weighted by Crippen LogP contribution is 2.48. The van der Waals surface area contributed by atoms with Crippen molar-refractivity contribution >= 4 is 17.5 Å². The Hall–Kier alpha value is -2.04. The van der Waals surface area contributed by atoms with Crippen LogP contribution in [0.5, 0.6) is 5.75 Å². The highest BCUT2D eigenvalue weighted by atomic mass is 35.5. The van der Waals surface area contributed by atoms with Crippen molar-refractivity contribution in [2.24, 2.45) is 0 Å². The third-order valence-electron chi connectivity index (χ3n) is 4.54. The van der Waals surface area contributed by atoms with Crippen LogP contribution >= 0.6 is 11.6 Å². The number of nitrogens with one attached hydrogen (secondary N) is 1. The van der Waals surface area contributed by atoms with Gasteiger partial charge in [0.05, 0.1) is 18.1 Å². The maximum absolute atomic E-state index is 12.7. The number of amides is 1. The van der Waals surface area contributed by atoms with Crippen molar-refractivity contribution in [2.75, 3.05) is 6.61 Å². The monoisotopic (exact) mass is 345 g/mol. The zero-order chi connectivity index (χ0) is 17.2. The van der Waals surface area contributed by atoms with Crippen LogP contribution < -0.4 is 5.32 Å². The Morgan fingerprint density at radius 2 is 1.92 bits per heavy atom. The van der Waals surface area contributed by atoms with E-state index in [2.05, 4.69) is 5.32 Å². The van der Waals surface area contributed by atoms with Gasteiger partial charge in [0.1, 0.15) is 5.75 Å². The standard InChI is InChI=1S/C19H20ClNO3/c20-15-3-1-2-14(11-15)19(8-9-19)18(24)21-16(12-22)10-13-4-6-17(23)7-5-13/h1-7,11,16,22-23H,8-10,12H2,(H,21,24)/t16-/m0/s1. The Morgan fingerprint density at radius 1 is 1.21 bits per heavy atom. The Morgan fingerprint density at radius 3 is 2.50 bits per heavy atom. The summed E-state index contributed by atoms with van der Waals surface area (Å²) in [6.07, 6.45) is 2.08. The summed E-state index contributed by atoms with van der Waals surface area (Å²) < 4.78 is 0. The summed E-state index contributed by atoms with van der Waals surface area (Å²) in [5.41, 5.74) is 1.35. The number of benzene rings is 2. The molecule has 4 nitrogen and oxygen atoms in total. The largest absolute Gasteiger partial charge is 0.508 e. The molecule has 126 valence electrons. The molecule has 1 amide bonds. The Kier molecular flexibility index (Phi) is 4.78. The number of aromatic hydroxyl groups is 1. The SMILES string of the molecule is O=C(N[C@H](CO)Cc1ccc(O)cc1)C1(c2cccc(Cl)c2)CC1. The van der Waals surface area contributed by atoms with Crippen molar-refractivity contribution in [2.45, 2.75) is 30.7 Å². The van der Waals surface area contributed by atoms with Crippen LogP contribution in [0.2, 0.25) is 5.02 Å². The van der Waals surface area contributed by atoms with E-state index < -0.39 is 5.41 Å². The highest BCUT2D eigenvalue weighted by Gasteiger charge is 2.51. The fourth-order valence-electron chi connectivity index (χ4n) is 2.96. The first-order valence-corrected chi connectivity index (χ1v) is 8.37. The summed E-state index contributed by atoms with van der Waals surface area (Å²) in [6.45, 7) is -0.141. The van der Waals surface area contributed by atoms with E-state index in [1.807, 2.05) is 18.2 Å². The quantitative estimate of drug-likeness (QED) is 0.754. The lowest BCUT2D eigenvalue weighted by molar-refractivity contribution is -0.124. The van der Waals surface area contributed by atoms with Crippen molar-refractivity contribution in [3.63, 3.8) is 0 Å². The lowest BCUT2D eigenvalue weighted by Crippen LogP contribution is -2.44. The van der Waals surface area contributed by atoms with Crippen molar-refractivity contribution < 1.29 is 15.0 Å². The first kappa shape index (κ1) is 16.8. The summed E-state index contributed by atoms with van der Waals surface area (Å²) in [7, 11) is 0. The van der Waals surface area contributed by atoms with Gasteiger partial charge in [0.2, 0.25) is 5.91 Å². The lowest BCUT2D eigenvalue weighted by atomic mass is 9.94. The number of rotatable bonds is 6. The second-order valence-corrected chi connectivity index (χ2v) is 6.75. The van der Waals surface area contributed by atoms with Crippen molar-refractivity contribution in [1.29, 1.82) is 0 Å². The molecule has 2 aromatic carbocycles. The molecule has 3 N–H and O–H groups in total. The van der Waals surface area contributed by atoms with E-state index >= 15 is 0 Å². The molecular weight excluding hydrogens is 326 g/mol. The van der Waals surface area contributed by atoms with Gasteiger partial charge >= 0.3 is 0 Å². The van der Waals surface area contributed by atoms with Crippen LogP contribution in [0, 0.1) is 0 Å². The lowest BCUT2D eigenvalue weighted by Gasteiger charge is -2.21. The average Bonchev–Trinajstić information content (AvgIpc) is 3.38. The van der Waals surface area contributed by atoms with Crippen molar-refractivity contribution in [1.82, 2.24) is 5.32 Å². The van der Waals surface area contributed by atoms with Gasteiger partial charge in [-0.25, -0.2) is 0 Å². The molecule has 0 saturated heterocycles. The van der Waals surface area contributed by atoms with Crippen LogP contribution in [-0.2, 0) is 16.6 Å². The molecule has 0 spiro atoms. The van der Waals surface area contributed by atoms with E-state index in [-0.39, 0.29) is 24.3 Å². The summed E-state index contributed by atoms with van der Waals surface area (Å²) in [4.78, 5) is 12.7. The van der Waals surface area contributed by atoms with Gasteiger partial charge in [0.15, 0.2) is 0 Å². The predicted molar refractivity (Wildman–Crippen MR) is 93.2 cm³/mol. The van der Waals surface area contributed by atoms with Gasteiger partial charge < -0.3 is 15.5 Å². The molecule has 0 bridgehead atoms. The fourth-order valence-corrected chi connectivity index (χ4v) is 3.15. The predicted octanol–water partition coefficient (Wildman–Crippen LogP) is 2.80. The molecule has 1 atom stereocenters. The van der Waals surface area contributed by atoms with Crippen LogP contribution in [0.3, 0.4) is 0 Å². The molecule has 5 heteroatoms. The Bertz CT molecular complexity index is 726. The van der Waals surface area contributed by atoms with Crippen LogP contribution in [0.25, 0.3) is 0 Å². The molecule has 0 aromatic heterocycles. The highest BCUT2D eigenvalue weighted by molar-refractivity contribution is 6.30. The third-order valence-corrected chi connectivity index (χ3v) is 4.77. The number of halogens is 1. The maximum atomic E-state index is 12.7. The van der Waals surface area contributed by atoms with E-state index in [0.717, 1.165) is 24.0 Å². The zero-order valence-electron chi connectivity index (χ0n) is 13.2. The van der Waals surface area contributed by atoms with E-state index in [1.165, 1.54) is 0 Å². The molecule has 1 aliphatic carbocycles. The zero-order valence-corrected chi connectivity index (χ0v) is 14.0. The molecule has 1 aliphatic rings. The summed E-state index contributed by atoms with van der Waals surface area (Å²) in [5.74, 6) is 0.129.